The monoisotopic (exact) mass is 490 g/mol. The maximum atomic E-state index is 6.60. The number of nitrogens with one attached hydrogen (secondary N) is 1. The Morgan fingerprint density at radius 1 is 1.03 bits per heavy atom. The van der Waals surface area contributed by atoms with Gasteiger partial charge in [0.25, 0.3) is 0 Å². The molecule has 34 heavy (non-hydrogen) atoms. The number of imidazole rings is 1. The number of tetrazole rings is 1. The van der Waals surface area contributed by atoms with Gasteiger partial charge < -0.3 is 4.57 Å². The van der Waals surface area contributed by atoms with E-state index in [0.717, 1.165) is 63.9 Å². The Morgan fingerprint density at radius 3 is 2.50 bits per heavy atom. The zero-order valence-corrected chi connectivity index (χ0v) is 20.4. The summed E-state index contributed by atoms with van der Waals surface area (Å²) in [7, 11) is 0. The molecule has 0 aliphatic heterocycles. The number of nitrogens with zero attached hydrogens (tertiary/aromatic N) is 7. The van der Waals surface area contributed by atoms with Crippen molar-refractivity contribution in [2.75, 3.05) is 0 Å². The molecule has 1 N–H and O–H groups in total. The number of hydrogen-bond donors (Lipinski definition) is 1. The molecule has 0 atom stereocenters. The molecular weight excluding hydrogens is 468 g/mol. The number of hydrogen-bond acceptors (Lipinski definition) is 7. The number of H-pyrrole nitrogens is 1. The molecule has 5 aromatic rings. The van der Waals surface area contributed by atoms with E-state index < -0.39 is 0 Å². The lowest BCUT2D eigenvalue weighted by Gasteiger charge is -2.12. The van der Waals surface area contributed by atoms with Crippen LogP contribution in [0.5, 0.6) is 0 Å². The highest BCUT2D eigenvalue weighted by Gasteiger charge is 2.20. The molecule has 0 aliphatic rings. The van der Waals surface area contributed by atoms with Gasteiger partial charge in [0.15, 0.2) is 10.2 Å². The number of aryl methyl sites for hydroxylation is 2. The molecule has 0 aliphatic carbocycles. The third-order valence-electron chi connectivity index (χ3n) is 5.61. The summed E-state index contributed by atoms with van der Waals surface area (Å²) in [6.07, 6.45) is 3.00. The first-order chi connectivity index (χ1) is 16.6. The first-order valence-corrected chi connectivity index (χ1v) is 12.3. The number of benzene rings is 2. The SMILES string of the molecule is CCCCc1nc(Cl)c(-c2nc(C)ns2)n1Cc1ccc(-c2ccccc2-c2nn[nH]n2)cc1. The summed E-state index contributed by atoms with van der Waals surface area (Å²) in [4.78, 5) is 9.25. The molecule has 0 saturated heterocycles. The summed E-state index contributed by atoms with van der Waals surface area (Å²) in [6.45, 7) is 4.71. The van der Waals surface area contributed by atoms with Crippen LogP contribution in [0.15, 0.2) is 48.5 Å². The van der Waals surface area contributed by atoms with E-state index in [1.54, 1.807) is 0 Å². The molecule has 0 radical (unpaired) electrons. The highest BCUT2D eigenvalue weighted by atomic mass is 35.5. The van der Waals surface area contributed by atoms with Gasteiger partial charge in [-0.1, -0.05) is 73.5 Å². The number of aromatic nitrogens is 8. The van der Waals surface area contributed by atoms with Gasteiger partial charge in [-0.2, -0.15) is 9.59 Å². The van der Waals surface area contributed by atoms with Crippen molar-refractivity contribution in [2.24, 2.45) is 0 Å². The molecule has 0 fully saturated rings. The second kappa shape index (κ2) is 9.82. The molecule has 0 spiro atoms. The minimum atomic E-state index is 0.480. The van der Waals surface area contributed by atoms with Crippen molar-refractivity contribution in [1.29, 1.82) is 0 Å². The van der Waals surface area contributed by atoms with E-state index >= 15 is 0 Å². The van der Waals surface area contributed by atoms with E-state index in [2.05, 4.69) is 76.8 Å². The largest absolute Gasteiger partial charge is 0.320 e. The van der Waals surface area contributed by atoms with Crippen molar-refractivity contribution in [3.05, 3.63) is 70.9 Å². The smallest absolute Gasteiger partial charge is 0.205 e. The van der Waals surface area contributed by atoms with E-state index in [1.807, 2.05) is 25.1 Å². The van der Waals surface area contributed by atoms with Crippen molar-refractivity contribution >= 4 is 23.1 Å². The fourth-order valence-electron chi connectivity index (χ4n) is 3.94. The maximum Gasteiger partial charge on any atom is 0.205 e. The Balaban J connectivity index is 1.48. The van der Waals surface area contributed by atoms with Crippen molar-refractivity contribution in [3.8, 4) is 33.2 Å². The fraction of sp³-hybridized carbons (Fsp3) is 0.250. The van der Waals surface area contributed by atoms with E-state index in [9.17, 15) is 0 Å². The van der Waals surface area contributed by atoms with Gasteiger partial charge in [0.1, 0.15) is 17.3 Å². The first kappa shape index (κ1) is 22.4. The van der Waals surface area contributed by atoms with Gasteiger partial charge in [0.2, 0.25) is 5.82 Å². The zero-order valence-electron chi connectivity index (χ0n) is 18.9. The van der Waals surface area contributed by atoms with Gasteiger partial charge in [0, 0.05) is 18.5 Å². The molecule has 2 aromatic carbocycles. The molecule has 0 amide bonds. The molecule has 5 rings (SSSR count). The maximum absolute atomic E-state index is 6.60. The molecule has 3 heterocycles. The first-order valence-electron chi connectivity index (χ1n) is 11.1. The normalized spacial score (nSPS) is 11.3. The average molecular weight is 491 g/mol. The van der Waals surface area contributed by atoms with E-state index in [4.69, 9.17) is 11.6 Å². The molecule has 8 nitrogen and oxygen atoms in total. The third-order valence-corrected chi connectivity index (χ3v) is 6.68. The summed E-state index contributed by atoms with van der Waals surface area (Å²) in [6, 6.07) is 16.6. The molecule has 0 bridgehead atoms. The van der Waals surface area contributed by atoms with Crippen molar-refractivity contribution < 1.29 is 0 Å². The van der Waals surface area contributed by atoms with Crippen LogP contribution in [0.4, 0.5) is 0 Å². The second-order valence-corrected chi connectivity index (χ2v) is 9.09. The second-order valence-electron chi connectivity index (χ2n) is 7.98. The van der Waals surface area contributed by atoms with Crippen molar-refractivity contribution in [1.82, 2.24) is 39.5 Å². The summed E-state index contributed by atoms with van der Waals surface area (Å²) >= 11 is 7.95. The molecule has 3 aromatic heterocycles. The summed E-state index contributed by atoms with van der Waals surface area (Å²) in [5.41, 5.74) is 5.05. The Bertz CT molecular complexity index is 1390. The van der Waals surface area contributed by atoms with Crippen LogP contribution in [0.2, 0.25) is 5.15 Å². The van der Waals surface area contributed by atoms with Crippen LogP contribution in [0, 0.1) is 6.92 Å². The van der Waals surface area contributed by atoms with Crippen LogP contribution in [0.1, 0.15) is 37.0 Å². The minimum absolute atomic E-state index is 0.480. The van der Waals surface area contributed by atoms with Crippen LogP contribution < -0.4 is 0 Å². The lowest BCUT2D eigenvalue weighted by Crippen LogP contribution is -2.07. The van der Waals surface area contributed by atoms with E-state index in [0.29, 0.717) is 17.5 Å². The van der Waals surface area contributed by atoms with Gasteiger partial charge in [-0.25, -0.2) is 9.97 Å². The fourth-order valence-corrected chi connectivity index (χ4v) is 5.01. The van der Waals surface area contributed by atoms with Gasteiger partial charge >= 0.3 is 0 Å². The van der Waals surface area contributed by atoms with Crippen LogP contribution >= 0.6 is 23.1 Å². The molecule has 10 heteroatoms. The lowest BCUT2D eigenvalue weighted by atomic mass is 9.98. The van der Waals surface area contributed by atoms with E-state index in [-0.39, 0.29) is 0 Å². The quantitative estimate of drug-likeness (QED) is 0.304. The topological polar surface area (TPSA) is 98.1 Å². The summed E-state index contributed by atoms with van der Waals surface area (Å²) in [5.74, 6) is 2.29. The van der Waals surface area contributed by atoms with Crippen molar-refractivity contribution in [2.45, 2.75) is 39.7 Å². The number of halogens is 1. The highest BCUT2D eigenvalue weighted by Crippen LogP contribution is 2.33. The van der Waals surface area contributed by atoms with Gasteiger partial charge in [-0.05, 0) is 46.8 Å². The predicted molar refractivity (Wildman–Crippen MR) is 134 cm³/mol. The Morgan fingerprint density at radius 2 is 1.82 bits per heavy atom. The number of rotatable bonds is 8. The number of unbranched alkanes of at least 4 members (excludes halogenated alkanes) is 1. The van der Waals surface area contributed by atoms with Gasteiger partial charge in [-0.3, -0.25) is 0 Å². The van der Waals surface area contributed by atoms with Gasteiger partial charge in [-0.15, -0.1) is 10.2 Å². The number of aromatic amines is 1. The van der Waals surface area contributed by atoms with Crippen LogP contribution in [-0.2, 0) is 13.0 Å². The Labute approximate surface area is 206 Å². The van der Waals surface area contributed by atoms with E-state index in [1.165, 1.54) is 11.5 Å². The highest BCUT2D eigenvalue weighted by molar-refractivity contribution is 7.09. The standard InChI is InChI=1S/C24H23ClN8S/c1-3-4-9-20-27-22(25)21(24-26-15(2)30-34-24)33(20)14-16-10-12-17(13-11-16)18-7-5-6-8-19(18)23-28-31-32-29-23/h5-8,10-13H,3-4,9,14H2,1-2H3,(H,28,29,31,32). The molecule has 0 unspecified atom stereocenters. The van der Waals surface area contributed by atoms with Crippen LogP contribution in [-0.4, -0.2) is 39.5 Å². The minimum Gasteiger partial charge on any atom is -0.320 e. The molecule has 172 valence electrons. The molecular formula is C24H23ClN8S. The predicted octanol–water partition coefficient (Wildman–Crippen LogP) is 5.60. The van der Waals surface area contributed by atoms with Gasteiger partial charge in [0.05, 0.1) is 0 Å². The third kappa shape index (κ3) is 4.49. The Kier molecular flexibility index (Phi) is 6.46. The van der Waals surface area contributed by atoms with Crippen molar-refractivity contribution in [3.63, 3.8) is 0 Å². The molecule has 0 saturated carbocycles. The van der Waals surface area contributed by atoms with Crippen LogP contribution in [0.3, 0.4) is 0 Å². The summed E-state index contributed by atoms with van der Waals surface area (Å²) in [5, 5.41) is 15.8. The Hall–Kier alpha value is -3.43. The zero-order chi connectivity index (χ0) is 23.5. The summed E-state index contributed by atoms with van der Waals surface area (Å²) < 4.78 is 6.52. The average Bonchev–Trinajstić information content (AvgIpc) is 3.59. The van der Waals surface area contributed by atoms with Crippen LogP contribution in [0.25, 0.3) is 33.2 Å². The lowest BCUT2D eigenvalue weighted by molar-refractivity contribution is 0.681.